The average molecular weight is 150 g/mol. The number of hydrogen-bond donors (Lipinski definition) is 1. The summed E-state index contributed by atoms with van der Waals surface area (Å²) >= 11 is 0. The van der Waals surface area contributed by atoms with Crippen molar-refractivity contribution >= 4 is 6.21 Å². The second kappa shape index (κ2) is 4.85. The maximum atomic E-state index is 4.27. The summed E-state index contributed by atoms with van der Waals surface area (Å²) in [5.41, 5.74) is 1.18. The van der Waals surface area contributed by atoms with Gasteiger partial charge < -0.3 is 5.32 Å². The fraction of sp³-hybridized carbons (Fsp3) is 0.444. The van der Waals surface area contributed by atoms with E-state index in [0.29, 0.717) is 0 Å². The number of rotatable bonds is 3. The maximum Gasteiger partial charge on any atom is 0.0379 e. The summed E-state index contributed by atoms with van der Waals surface area (Å²) in [5, 5.41) is 3.10. The molecule has 0 fully saturated rings. The largest absolute Gasteiger partial charge is 0.319 e. The zero-order valence-electron chi connectivity index (χ0n) is 6.88. The minimum Gasteiger partial charge on any atom is -0.319 e. The van der Waals surface area contributed by atoms with Crippen molar-refractivity contribution < 1.29 is 0 Å². The molecule has 0 spiro atoms. The topological polar surface area (TPSA) is 24.4 Å². The smallest absolute Gasteiger partial charge is 0.0379 e. The lowest BCUT2D eigenvalue weighted by Gasteiger charge is -1.98. The Kier molecular flexibility index (Phi) is 3.62. The van der Waals surface area contributed by atoms with Crippen molar-refractivity contribution in [3.05, 3.63) is 23.9 Å². The zero-order chi connectivity index (χ0) is 7.94. The van der Waals surface area contributed by atoms with Gasteiger partial charge in [-0.2, -0.15) is 0 Å². The predicted octanol–water partition coefficient (Wildman–Crippen LogP) is 1.51. The molecule has 2 heteroatoms. The molecule has 0 bridgehead atoms. The third-order valence-corrected chi connectivity index (χ3v) is 1.58. The van der Waals surface area contributed by atoms with Gasteiger partial charge in [-0.25, -0.2) is 0 Å². The van der Waals surface area contributed by atoms with E-state index in [2.05, 4.69) is 22.5 Å². The van der Waals surface area contributed by atoms with Crippen molar-refractivity contribution in [1.29, 1.82) is 0 Å². The van der Waals surface area contributed by atoms with E-state index in [0.717, 1.165) is 19.4 Å². The maximum absolute atomic E-state index is 4.27. The van der Waals surface area contributed by atoms with Gasteiger partial charge in [0, 0.05) is 24.9 Å². The molecule has 0 aliphatic carbocycles. The van der Waals surface area contributed by atoms with Crippen LogP contribution in [-0.4, -0.2) is 19.8 Å². The molecule has 11 heavy (non-hydrogen) atoms. The quantitative estimate of drug-likeness (QED) is 0.648. The molecule has 0 aromatic heterocycles. The third-order valence-electron chi connectivity index (χ3n) is 1.58. The van der Waals surface area contributed by atoms with E-state index in [1.165, 1.54) is 5.70 Å². The van der Waals surface area contributed by atoms with E-state index in [1.807, 2.05) is 19.3 Å². The molecule has 0 aromatic rings. The highest BCUT2D eigenvalue weighted by molar-refractivity contribution is 5.72. The lowest BCUT2D eigenvalue weighted by Crippen LogP contribution is -2.07. The molecule has 1 aliphatic heterocycles. The van der Waals surface area contributed by atoms with Gasteiger partial charge in [0.15, 0.2) is 0 Å². The first-order valence-corrected chi connectivity index (χ1v) is 3.96. The zero-order valence-corrected chi connectivity index (χ0v) is 6.88. The van der Waals surface area contributed by atoms with E-state index in [4.69, 9.17) is 0 Å². The Morgan fingerprint density at radius 3 is 3.36 bits per heavy atom. The van der Waals surface area contributed by atoms with Crippen LogP contribution >= 0.6 is 0 Å². The monoisotopic (exact) mass is 150 g/mol. The van der Waals surface area contributed by atoms with Crippen molar-refractivity contribution in [2.24, 2.45) is 4.99 Å². The van der Waals surface area contributed by atoms with E-state index >= 15 is 0 Å². The molecule has 1 rings (SSSR count). The molecule has 0 saturated carbocycles. The van der Waals surface area contributed by atoms with Crippen LogP contribution in [-0.2, 0) is 0 Å². The molecule has 1 heterocycles. The fourth-order valence-electron chi connectivity index (χ4n) is 0.955. The first-order valence-electron chi connectivity index (χ1n) is 3.96. The van der Waals surface area contributed by atoms with Crippen molar-refractivity contribution in [3.63, 3.8) is 0 Å². The van der Waals surface area contributed by atoms with Gasteiger partial charge in [-0.15, -0.1) is 0 Å². The highest BCUT2D eigenvalue weighted by Gasteiger charge is 1.92. The number of hydrogen-bond acceptors (Lipinski definition) is 2. The highest BCUT2D eigenvalue weighted by atomic mass is 14.8. The molecule has 60 valence electrons. The van der Waals surface area contributed by atoms with Gasteiger partial charge in [0.05, 0.1) is 0 Å². The number of aliphatic imine (C=N–C) groups is 1. The molecule has 1 N–H and O–H groups in total. The van der Waals surface area contributed by atoms with Crippen molar-refractivity contribution in [2.75, 3.05) is 13.6 Å². The average Bonchev–Trinajstić information content (AvgIpc) is 2.28. The van der Waals surface area contributed by atoms with E-state index in [9.17, 15) is 0 Å². The first-order chi connectivity index (χ1) is 5.43. The predicted molar refractivity (Wildman–Crippen MR) is 48.9 cm³/mol. The second-order valence-electron chi connectivity index (χ2n) is 2.49. The number of nitrogens with one attached hydrogen (secondary N) is 1. The minimum atomic E-state index is 1.00. The van der Waals surface area contributed by atoms with E-state index in [-0.39, 0.29) is 0 Å². The Morgan fingerprint density at radius 2 is 2.55 bits per heavy atom. The molecule has 0 radical (unpaired) electrons. The van der Waals surface area contributed by atoms with Gasteiger partial charge >= 0.3 is 0 Å². The van der Waals surface area contributed by atoms with Gasteiger partial charge in [-0.1, -0.05) is 12.2 Å². The molecular formula is C9H14N2. The Morgan fingerprint density at radius 1 is 1.64 bits per heavy atom. The van der Waals surface area contributed by atoms with Gasteiger partial charge in [0.2, 0.25) is 0 Å². The summed E-state index contributed by atoms with van der Waals surface area (Å²) in [4.78, 5) is 4.27. The molecule has 2 nitrogen and oxygen atoms in total. The lowest BCUT2D eigenvalue weighted by atomic mass is 10.2. The van der Waals surface area contributed by atoms with Crippen molar-refractivity contribution in [3.8, 4) is 0 Å². The Bertz CT molecular complexity index is 190. The van der Waals surface area contributed by atoms with Gasteiger partial charge in [-0.3, -0.25) is 4.99 Å². The molecule has 0 unspecified atom stereocenters. The van der Waals surface area contributed by atoms with Gasteiger partial charge in [0.1, 0.15) is 0 Å². The van der Waals surface area contributed by atoms with Gasteiger partial charge in [0.25, 0.3) is 0 Å². The molecule has 0 atom stereocenters. The second-order valence-corrected chi connectivity index (χ2v) is 2.49. The number of nitrogens with zero attached hydrogens (tertiary/aromatic N) is 1. The summed E-state index contributed by atoms with van der Waals surface area (Å²) in [6.07, 6.45) is 10.2. The molecule has 0 aromatic carbocycles. The Labute approximate surface area is 67.7 Å². The van der Waals surface area contributed by atoms with E-state index in [1.54, 1.807) is 0 Å². The fourth-order valence-corrected chi connectivity index (χ4v) is 0.955. The van der Waals surface area contributed by atoms with Crippen LogP contribution in [0, 0.1) is 0 Å². The highest BCUT2D eigenvalue weighted by Crippen LogP contribution is 2.06. The van der Waals surface area contributed by atoms with E-state index < -0.39 is 0 Å². The first kappa shape index (κ1) is 8.21. The Hall–Kier alpha value is -0.890. The van der Waals surface area contributed by atoms with Crippen LogP contribution in [0.4, 0.5) is 0 Å². The Balaban J connectivity index is 2.38. The van der Waals surface area contributed by atoms with Crippen LogP contribution in [0.15, 0.2) is 28.9 Å². The summed E-state index contributed by atoms with van der Waals surface area (Å²) in [5.74, 6) is 0. The summed E-state index contributed by atoms with van der Waals surface area (Å²) in [6, 6.07) is 0. The summed E-state index contributed by atoms with van der Waals surface area (Å²) in [6.45, 7) is 1.00. The lowest BCUT2D eigenvalue weighted by molar-refractivity contribution is 0.779. The van der Waals surface area contributed by atoms with Crippen LogP contribution in [0.1, 0.15) is 12.8 Å². The summed E-state index contributed by atoms with van der Waals surface area (Å²) < 4.78 is 0. The minimum absolute atomic E-state index is 1.00. The summed E-state index contributed by atoms with van der Waals surface area (Å²) in [7, 11) is 1.96. The standard InChI is InChI=1S/C9H14N2/c1-10-8-6-9-5-3-2-4-7-11-9/h2,4-5,7,10H,3,6,8H2,1H3. The van der Waals surface area contributed by atoms with Crippen LogP contribution in [0.5, 0.6) is 0 Å². The molecule has 0 saturated heterocycles. The van der Waals surface area contributed by atoms with Gasteiger partial charge in [-0.05, 0) is 19.5 Å². The van der Waals surface area contributed by atoms with Crippen LogP contribution in [0.25, 0.3) is 0 Å². The van der Waals surface area contributed by atoms with Crippen molar-refractivity contribution in [1.82, 2.24) is 5.32 Å². The normalized spacial score (nSPS) is 16.3. The van der Waals surface area contributed by atoms with Crippen molar-refractivity contribution in [2.45, 2.75) is 12.8 Å². The van der Waals surface area contributed by atoms with Crippen LogP contribution in [0.2, 0.25) is 0 Å². The number of allylic oxidation sites excluding steroid dienone is 3. The molecule has 1 aliphatic rings. The van der Waals surface area contributed by atoms with Crippen LogP contribution < -0.4 is 5.32 Å². The molecule has 0 amide bonds. The van der Waals surface area contributed by atoms with Crippen LogP contribution in [0.3, 0.4) is 0 Å². The third kappa shape index (κ3) is 3.14. The molecular weight excluding hydrogens is 136 g/mol. The SMILES string of the molecule is CNCCC1=CCC=CC=N1.